The molecule has 3 N–H and O–H groups in total. The fourth-order valence-electron chi connectivity index (χ4n) is 4.26. The van der Waals surface area contributed by atoms with Gasteiger partial charge in [0.25, 0.3) is 0 Å². The molecule has 8 nitrogen and oxygen atoms in total. The highest BCUT2D eigenvalue weighted by atomic mass is 79.9. The molecule has 1 aliphatic heterocycles. The van der Waals surface area contributed by atoms with Crippen LogP contribution >= 0.6 is 15.9 Å². The molecule has 0 bridgehead atoms. The molecule has 1 saturated heterocycles. The van der Waals surface area contributed by atoms with Crippen molar-refractivity contribution in [3.63, 3.8) is 0 Å². The van der Waals surface area contributed by atoms with Crippen LogP contribution in [0.15, 0.2) is 87.1 Å². The molecule has 0 spiro atoms. The van der Waals surface area contributed by atoms with E-state index in [4.69, 9.17) is 5.41 Å². The first-order valence-corrected chi connectivity index (χ1v) is 14.9. The first-order valence-electron chi connectivity index (χ1n) is 12.6. The molecule has 3 aromatic carbocycles. The van der Waals surface area contributed by atoms with E-state index in [-0.39, 0.29) is 9.79 Å². The van der Waals surface area contributed by atoms with Crippen molar-refractivity contribution >= 4 is 49.0 Å². The molecule has 0 aromatic heterocycles. The first kappa shape index (κ1) is 27.8. The first-order chi connectivity index (χ1) is 18.3. The number of hydrogen-bond acceptors (Lipinski definition) is 5. The Hall–Kier alpha value is -3.21. The Kier molecular flexibility index (Phi) is 9.19. The summed E-state index contributed by atoms with van der Waals surface area (Å²) in [4.78, 5) is 17.5. The summed E-state index contributed by atoms with van der Waals surface area (Å²) in [5, 5.41) is 14.2. The smallest absolute Gasteiger partial charge is 0.323 e. The molecular weight excluding hydrogens is 566 g/mol. The Morgan fingerprint density at radius 1 is 0.895 bits per heavy atom. The van der Waals surface area contributed by atoms with E-state index in [0.717, 1.165) is 42.8 Å². The van der Waals surface area contributed by atoms with E-state index in [1.54, 1.807) is 48.5 Å². The van der Waals surface area contributed by atoms with Crippen molar-refractivity contribution in [2.45, 2.75) is 29.6 Å². The number of halogens is 1. The zero-order valence-corrected chi connectivity index (χ0v) is 23.7. The van der Waals surface area contributed by atoms with Crippen molar-refractivity contribution in [1.82, 2.24) is 9.80 Å². The molecule has 38 heavy (non-hydrogen) atoms. The molecule has 0 saturated carbocycles. The minimum Gasteiger partial charge on any atom is -0.354 e. The zero-order valence-electron chi connectivity index (χ0n) is 21.3. The van der Waals surface area contributed by atoms with E-state index in [1.165, 1.54) is 25.0 Å². The number of rotatable bonds is 8. The van der Waals surface area contributed by atoms with Crippen LogP contribution in [-0.4, -0.2) is 62.8 Å². The summed E-state index contributed by atoms with van der Waals surface area (Å²) in [6, 6.07) is 19.3. The van der Waals surface area contributed by atoms with E-state index in [9.17, 15) is 13.2 Å². The van der Waals surface area contributed by atoms with Gasteiger partial charge in [0.05, 0.1) is 9.79 Å². The quantitative estimate of drug-likeness (QED) is 0.229. The summed E-state index contributed by atoms with van der Waals surface area (Å²) in [6.45, 7) is 6.83. The SMILES string of the molecule is CCCCN1CCN(C(=N)c2cccc(NC(=O)Nc3ccc(S(=O)(=O)c4ccc(Br)cc4)cc3)c2)CC1. The number of nitrogens with zero attached hydrogens (tertiary/aromatic N) is 2. The number of sulfone groups is 1. The maximum Gasteiger partial charge on any atom is 0.323 e. The van der Waals surface area contributed by atoms with Crippen LogP contribution in [0, 0.1) is 5.41 Å². The van der Waals surface area contributed by atoms with Crippen molar-refractivity contribution in [3.05, 3.63) is 82.8 Å². The molecule has 0 radical (unpaired) electrons. The molecule has 0 unspecified atom stereocenters. The van der Waals surface area contributed by atoms with Gasteiger partial charge in [-0.05, 0) is 73.6 Å². The number of carbonyl (C=O) groups excluding carboxylic acids is 1. The lowest BCUT2D eigenvalue weighted by Crippen LogP contribution is -2.48. The van der Waals surface area contributed by atoms with E-state index in [2.05, 4.69) is 43.3 Å². The highest BCUT2D eigenvalue weighted by Gasteiger charge is 2.20. The molecular formula is C28H32BrN5O3S. The minimum atomic E-state index is -3.66. The molecule has 1 heterocycles. The predicted octanol–water partition coefficient (Wildman–Crippen LogP) is 5.67. The summed E-state index contributed by atoms with van der Waals surface area (Å²) >= 11 is 3.31. The summed E-state index contributed by atoms with van der Waals surface area (Å²) in [5.41, 5.74) is 1.77. The van der Waals surface area contributed by atoms with Gasteiger partial charge in [-0.3, -0.25) is 10.3 Å². The van der Waals surface area contributed by atoms with Gasteiger partial charge in [-0.1, -0.05) is 41.4 Å². The van der Waals surface area contributed by atoms with Crippen LogP contribution in [0.4, 0.5) is 16.2 Å². The minimum absolute atomic E-state index is 0.142. The summed E-state index contributed by atoms with van der Waals surface area (Å²) < 4.78 is 26.5. The highest BCUT2D eigenvalue weighted by Crippen LogP contribution is 2.24. The Morgan fingerprint density at radius 2 is 1.50 bits per heavy atom. The average molecular weight is 599 g/mol. The third-order valence-corrected chi connectivity index (χ3v) is 8.77. The number of amides is 2. The number of carbonyl (C=O) groups is 1. The molecule has 0 atom stereocenters. The van der Waals surface area contributed by atoms with Gasteiger partial charge in [-0.15, -0.1) is 0 Å². The highest BCUT2D eigenvalue weighted by molar-refractivity contribution is 9.10. The predicted molar refractivity (Wildman–Crippen MR) is 155 cm³/mol. The second-order valence-electron chi connectivity index (χ2n) is 9.17. The van der Waals surface area contributed by atoms with Crippen LogP contribution in [0.3, 0.4) is 0 Å². The Balaban J connectivity index is 1.34. The van der Waals surface area contributed by atoms with Gasteiger partial charge >= 0.3 is 6.03 Å². The van der Waals surface area contributed by atoms with Gasteiger partial charge in [0, 0.05) is 47.6 Å². The van der Waals surface area contributed by atoms with Gasteiger partial charge in [0.2, 0.25) is 9.84 Å². The van der Waals surface area contributed by atoms with E-state index >= 15 is 0 Å². The van der Waals surface area contributed by atoms with Crippen molar-refractivity contribution in [2.75, 3.05) is 43.4 Å². The van der Waals surface area contributed by atoms with Gasteiger partial charge in [-0.25, -0.2) is 13.2 Å². The number of hydrogen-bond donors (Lipinski definition) is 3. The lowest BCUT2D eigenvalue weighted by molar-refractivity contribution is 0.180. The maximum atomic E-state index is 12.8. The van der Waals surface area contributed by atoms with E-state index in [0.29, 0.717) is 17.2 Å². The maximum absolute atomic E-state index is 12.8. The number of nitrogens with one attached hydrogen (secondary N) is 3. The number of anilines is 2. The van der Waals surface area contributed by atoms with Gasteiger partial charge in [0.15, 0.2) is 0 Å². The molecule has 200 valence electrons. The molecule has 1 fully saturated rings. The summed E-state index contributed by atoms with van der Waals surface area (Å²) in [5.74, 6) is 0.451. The molecule has 2 amide bonds. The topological polar surface area (TPSA) is 106 Å². The van der Waals surface area contributed by atoms with Crippen molar-refractivity contribution in [3.8, 4) is 0 Å². The van der Waals surface area contributed by atoms with Crippen LogP contribution in [-0.2, 0) is 9.84 Å². The molecule has 3 aromatic rings. The fourth-order valence-corrected chi connectivity index (χ4v) is 5.79. The van der Waals surface area contributed by atoms with Gasteiger partial charge in [-0.2, -0.15) is 0 Å². The Morgan fingerprint density at radius 3 is 2.13 bits per heavy atom. The third-order valence-electron chi connectivity index (χ3n) is 6.46. The number of unbranched alkanes of at least 4 members (excludes halogenated alkanes) is 1. The van der Waals surface area contributed by atoms with Crippen LogP contribution in [0.5, 0.6) is 0 Å². The molecule has 1 aliphatic rings. The average Bonchev–Trinajstić information content (AvgIpc) is 2.92. The number of urea groups is 1. The molecule has 0 aliphatic carbocycles. The lowest BCUT2D eigenvalue weighted by Gasteiger charge is -2.36. The largest absolute Gasteiger partial charge is 0.354 e. The van der Waals surface area contributed by atoms with E-state index in [1.807, 2.05) is 12.1 Å². The Bertz CT molecular complexity index is 1370. The second kappa shape index (κ2) is 12.6. The standard InChI is InChI=1S/C28H32BrN5O3S/c1-2-3-15-33-16-18-34(19-17-33)27(30)21-5-4-6-24(20-21)32-28(35)31-23-9-13-26(14-10-23)38(36,37)25-11-7-22(29)8-12-25/h4-14,20,30H,2-3,15-19H2,1H3,(H2,31,32,35). The Labute approximate surface area is 232 Å². The monoisotopic (exact) mass is 597 g/mol. The van der Waals surface area contributed by atoms with Crippen LogP contribution in [0.2, 0.25) is 0 Å². The third kappa shape index (κ3) is 7.00. The summed E-state index contributed by atoms with van der Waals surface area (Å²) in [7, 11) is -3.66. The van der Waals surface area contributed by atoms with E-state index < -0.39 is 15.9 Å². The lowest BCUT2D eigenvalue weighted by atomic mass is 10.1. The van der Waals surface area contributed by atoms with Crippen LogP contribution in [0.1, 0.15) is 25.3 Å². The molecule has 4 rings (SSSR count). The number of benzene rings is 3. The number of amidine groups is 1. The van der Waals surface area contributed by atoms with Crippen molar-refractivity contribution < 1.29 is 13.2 Å². The zero-order chi connectivity index (χ0) is 27.1. The summed E-state index contributed by atoms with van der Waals surface area (Å²) in [6.07, 6.45) is 2.38. The molecule has 10 heteroatoms. The van der Waals surface area contributed by atoms with Crippen LogP contribution < -0.4 is 10.6 Å². The van der Waals surface area contributed by atoms with Crippen molar-refractivity contribution in [1.29, 1.82) is 5.41 Å². The van der Waals surface area contributed by atoms with Crippen molar-refractivity contribution in [2.24, 2.45) is 0 Å². The van der Waals surface area contributed by atoms with Crippen LogP contribution in [0.25, 0.3) is 0 Å². The fraction of sp³-hybridized carbons (Fsp3) is 0.286. The second-order valence-corrected chi connectivity index (χ2v) is 12.0. The van der Waals surface area contributed by atoms with Gasteiger partial charge in [0.1, 0.15) is 5.84 Å². The van der Waals surface area contributed by atoms with Gasteiger partial charge < -0.3 is 15.5 Å². The normalized spacial score (nSPS) is 14.2. The number of piperazine rings is 1.